The predicted molar refractivity (Wildman–Crippen MR) is 123 cm³/mol. The number of benzene rings is 2. The lowest BCUT2D eigenvalue weighted by atomic mass is 9.72. The van der Waals surface area contributed by atoms with Gasteiger partial charge >= 0.3 is 0 Å². The van der Waals surface area contributed by atoms with Crippen molar-refractivity contribution in [3.63, 3.8) is 0 Å². The molecule has 168 valence electrons. The molecule has 2 N–H and O–H groups in total. The maximum Gasteiger partial charge on any atom is 0.119 e. The molecule has 0 radical (unpaired) electrons. The van der Waals surface area contributed by atoms with E-state index in [1.54, 1.807) is 13.8 Å². The molecule has 2 unspecified atom stereocenters. The van der Waals surface area contributed by atoms with E-state index >= 15 is 0 Å². The summed E-state index contributed by atoms with van der Waals surface area (Å²) in [5, 5.41) is 19.3. The summed E-state index contributed by atoms with van der Waals surface area (Å²) in [4.78, 5) is 0. The Morgan fingerprint density at radius 1 is 0.710 bits per heavy atom. The second-order valence-electron chi connectivity index (χ2n) is 10.9. The Labute approximate surface area is 186 Å². The zero-order valence-electron chi connectivity index (χ0n) is 19.7. The molecule has 0 saturated carbocycles. The fourth-order valence-corrected chi connectivity index (χ4v) is 5.92. The van der Waals surface area contributed by atoms with Crippen LogP contribution < -0.4 is 9.47 Å². The van der Waals surface area contributed by atoms with Gasteiger partial charge < -0.3 is 19.7 Å². The highest BCUT2D eigenvalue weighted by atomic mass is 16.5. The largest absolute Gasteiger partial charge is 0.491 e. The molecule has 4 rings (SSSR count). The molecule has 0 aliphatic heterocycles. The fourth-order valence-electron chi connectivity index (χ4n) is 5.92. The molecule has 2 atom stereocenters. The van der Waals surface area contributed by atoms with Gasteiger partial charge in [0.15, 0.2) is 0 Å². The highest BCUT2D eigenvalue weighted by Gasteiger charge is 2.56. The van der Waals surface area contributed by atoms with Crippen molar-refractivity contribution in [2.75, 3.05) is 13.2 Å². The van der Waals surface area contributed by atoms with Crippen LogP contribution in [0.3, 0.4) is 0 Å². The Bertz CT molecular complexity index is 892. The second-order valence-corrected chi connectivity index (χ2v) is 10.9. The smallest absolute Gasteiger partial charge is 0.119 e. The summed E-state index contributed by atoms with van der Waals surface area (Å²) in [6.45, 7) is 13.4. The van der Waals surface area contributed by atoms with E-state index in [9.17, 15) is 10.2 Å². The molecule has 2 aliphatic rings. The number of aliphatic hydroxyl groups is 2. The maximum absolute atomic E-state index is 9.66. The van der Waals surface area contributed by atoms with Crippen molar-refractivity contribution in [2.45, 2.75) is 82.8 Å². The molecular formula is C27H36O4. The lowest BCUT2D eigenvalue weighted by Crippen LogP contribution is -2.27. The Morgan fingerprint density at radius 2 is 1.10 bits per heavy atom. The first-order chi connectivity index (χ1) is 14.4. The van der Waals surface area contributed by atoms with Gasteiger partial charge in [-0.15, -0.1) is 0 Å². The van der Waals surface area contributed by atoms with E-state index in [1.165, 1.54) is 22.3 Å². The molecule has 0 heterocycles. The lowest BCUT2D eigenvalue weighted by Gasteiger charge is -2.30. The van der Waals surface area contributed by atoms with Gasteiger partial charge in [-0.1, -0.05) is 39.8 Å². The molecule has 2 aliphatic carbocycles. The van der Waals surface area contributed by atoms with Gasteiger partial charge in [-0.2, -0.15) is 0 Å². The van der Waals surface area contributed by atoms with Crippen molar-refractivity contribution >= 4 is 0 Å². The normalized spacial score (nSPS) is 24.5. The van der Waals surface area contributed by atoms with Gasteiger partial charge in [-0.3, -0.25) is 0 Å². The highest BCUT2D eigenvalue weighted by molar-refractivity contribution is 5.61. The van der Waals surface area contributed by atoms with E-state index < -0.39 is 12.2 Å². The molecule has 2 aromatic rings. The summed E-state index contributed by atoms with van der Waals surface area (Å²) >= 11 is 0. The van der Waals surface area contributed by atoms with Crippen LogP contribution in [0.4, 0.5) is 0 Å². The van der Waals surface area contributed by atoms with Gasteiger partial charge in [-0.25, -0.2) is 0 Å². The van der Waals surface area contributed by atoms with Crippen LogP contribution in [0.1, 0.15) is 76.6 Å². The summed E-state index contributed by atoms with van der Waals surface area (Å²) in [6, 6.07) is 12.9. The lowest BCUT2D eigenvalue weighted by molar-refractivity contribution is 0.122. The monoisotopic (exact) mass is 424 g/mol. The molecule has 0 saturated heterocycles. The zero-order chi connectivity index (χ0) is 22.6. The van der Waals surface area contributed by atoms with Crippen molar-refractivity contribution in [3.05, 3.63) is 58.7 Å². The van der Waals surface area contributed by atoms with Gasteiger partial charge in [0.1, 0.15) is 24.7 Å². The summed E-state index contributed by atoms with van der Waals surface area (Å²) in [6.07, 6.45) is 1.06. The van der Waals surface area contributed by atoms with Crippen LogP contribution >= 0.6 is 0 Å². The van der Waals surface area contributed by atoms with E-state index in [-0.39, 0.29) is 29.5 Å². The van der Waals surface area contributed by atoms with Crippen molar-refractivity contribution in [1.82, 2.24) is 0 Å². The molecule has 0 amide bonds. The van der Waals surface area contributed by atoms with Gasteiger partial charge in [0, 0.05) is 5.41 Å². The standard InChI is InChI=1S/C27H36O4/c1-17(28)13-30-19-7-9-21-23(11-19)27(15-25(21,3)4)16-26(5,6)22-10-8-20(12-24(22)27)31-14-18(2)29/h7-12,17-18,28-29H,13-16H2,1-6H3. The maximum atomic E-state index is 9.66. The number of hydrogen-bond acceptors (Lipinski definition) is 4. The number of rotatable bonds is 6. The van der Waals surface area contributed by atoms with Gasteiger partial charge in [0.05, 0.1) is 12.2 Å². The highest BCUT2D eigenvalue weighted by Crippen LogP contribution is 2.63. The van der Waals surface area contributed by atoms with Crippen LogP contribution in [0.5, 0.6) is 11.5 Å². The van der Waals surface area contributed by atoms with Gasteiger partial charge in [0.2, 0.25) is 0 Å². The minimum Gasteiger partial charge on any atom is -0.491 e. The first kappa shape index (κ1) is 22.2. The van der Waals surface area contributed by atoms with E-state index in [0.29, 0.717) is 0 Å². The van der Waals surface area contributed by atoms with E-state index in [1.807, 2.05) is 12.1 Å². The fraction of sp³-hybridized carbons (Fsp3) is 0.556. The van der Waals surface area contributed by atoms with Crippen molar-refractivity contribution in [2.24, 2.45) is 0 Å². The van der Waals surface area contributed by atoms with Crippen molar-refractivity contribution in [3.8, 4) is 11.5 Å². The molecule has 4 heteroatoms. The van der Waals surface area contributed by atoms with Crippen LogP contribution in [0, 0.1) is 0 Å². The Kier molecular flexibility index (Phi) is 5.38. The molecule has 0 fully saturated rings. The molecule has 0 bridgehead atoms. The van der Waals surface area contributed by atoms with Crippen molar-refractivity contribution < 1.29 is 19.7 Å². The first-order valence-electron chi connectivity index (χ1n) is 11.4. The number of hydrogen-bond donors (Lipinski definition) is 2. The molecule has 4 nitrogen and oxygen atoms in total. The van der Waals surface area contributed by atoms with Crippen LogP contribution in [0.2, 0.25) is 0 Å². The number of ether oxygens (including phenoxy) is 2. The van der Waals surface area contributed by atoms with Crippen LogP contribution in [-0.4, -0.2) is 35.6 Å². The van der Waals surface area contributed by atoms with Crippen LogP contribution in [-0.2, 0) is 16.2 Å². The van der Waals surface area contributed by atoms with Crippen LogP contribution in [0.25, 0.3) is 0 Å². The minimum absolute atomic E-state index is 0.0479. The summed E-state index contributed by atoms with van der Waals surface area (Å²) < 4.78 is 11.8. The van der Waals surface area contributed by atoms with Gasteiger partial charge in [0.25, 0.3) is 0 Å². The quantitative estimate of drug-likeness (QED) is 0.696. The summed E-state index contributed by atoms with van der Waals surface area (Å²) in [7, 11) is 0. The molecular weight excluding hydrogens is 388 g/mol. The molecule has 31 heavy (non-hydrogen) atoms. The summed E-state index contributed by atoms with van der Waals surface area (Å²) in [5.74, 6) is 1.62. The second kappa shape index (κ2) is 7.53. The minimum atomic E-state index is -0.501. The predicted octanol–water partition coefficient (Wildman–Crippen LogP) is 4.85. The van der Waals surface area contributed by atoms with Crippen LogP contribution in [0.15, 0.2) is 36.4 Å². The first-order valence-corrected chi connectivity index (χ1v) is 11.4. The van der Waals surface area contributed by atoms with E-state index in [4.69, 9.17) is 9.47 Å². The number of aliphatic hydroxyl groups excluding tert-OH is 2. The molecule has 0 aromatic heterocycles. The average Bonchev–Trinajstić information content (AvgIpc) is 3.04. The Hall–Kier alpha value is -2.04. The SMILES string of the molecule is CC(O)COc1ccc2c(c1)C1(CC2(C)C)CC(C)(C)c2ccc(OCC(C)O)cc21. The van der Waals surface area contributed by atoms with Gasteiger partial charge in [-0.05, 0) is 84.0 Å². The molecule has 2 aromatic carbocycles. The summed E-state index contributed by atoms with van der Waals surface area (Å²) in [5.41, 5.74) is 5.40. The van der Waals surface area contributed by atoms with Crippen molar-refractivity contribution in [1.29, 1.82) is 0 Å². The Balaban J connectivity index is 1.83. The number of fused-ring (bicyclic) bond motifs is 4. The third kappa shape index (κ3) is 3.85. The van der Waals surface area contributed by atoms with E-state index in [2.05, 4.69) is 52.0 Å². The third-order valence-corrected chi connectivity index (χ3v) is 6.94. The third-order valence-electron chi connectivity index (χ3n) is 6.94. The molecule has 1 spiro atoms. The van der Waals surface area contributed by atoms with E-state index in [0.717, 1.165) is 24.3 Å². The zero-order valence-corrected chi connectivity index (χ0v) is 19.7. The Morgan fingerprint density at radius 3 is 1.45 bits per heavy atom. The topological polar surface area (TPSA) is 58.9 Å². The average molecular weight is 425 g/mol.